The minimum Gasteiger partial charge on any atom is -0.298 e. The number of carbonyl (C=O) groups is 1. The van der Waals surface area contributed by atoms with Crippen LogP contribution in [-0.4, -0.2) is 10.9 Å². The van der Waals surface area contributed by atoms with Crippen molar-refractivity contribution >= 4 is 49.9 Å². The maximum absolute atomic E-state index is 12.8. The second kappa shape index (κ2) is 7.38. The third-order valence-corrected chi connectivity index (χ3v) is 4.77. The van der Waals surface area contributed by atoms with E-state index in [4.69, 9.17) is 11.6 Å². The van der Waals surface area contributed by atoms with Crippen LogP contribution in [0.15, 0.2) is 52.3 Å². The van der Waals surface area contributed by atoms with Gasteiger partial charge >= 0.3 is 6.18 Å². The molecule has 3 rings (SSSR count). The van der Waals surface area contributed by atoms with Crippen molar-refractivity contribution < 1.29 is 18.0 Å². The van der Waals surface area contributed by atoms with Crippen molar-refractivity contribution in [1.82, 2.24) is 4.98 Å². The fourth-order valence-corrected chi connectivity index (χ4v) is 3.75. The van der Waals surface area contributed by atoms with E-state index in [-0.39, 0.29) is 5.13 Å². The monoisotopic (exact) mass is 460 g/mol. The molecule has 0 saturated carbocycles. The lowest BCUT2D eigenvalue weighted by Crippen LogP contribution is -2.11. The van der Waals surface area contributed by atoms with Crippen LogP contribution >= 0.6 is 38.9 Å². The van der Waals surface area contributed by atoms with Gasteiger partial charge in [0.1, 0.15) is 0 Å². The molecular weight excluding hydrogens is 453 g/mol. The number of aromatic nitrogens is 1. The van der Waals surface area contributed by atoms with E-state index >= 15 is 0 Å². The Morgan fingerprint density at radius 1 is 1.19 bits per heavy atom. The third-order valence-electron chi connectivity index (χ3n) is 3.34. The summed E-state index contributed by atoms with van der Waals surface area (Å²) in [7, 11) is 0. The molecule has 1 heterocycles. The van der Waals surface area contributed by atoms with Gasteiger partial charge in [-0.1, -0.05) is 39.7 Å². The van der Waals surface area contributed by atoms with E-state index in [0.717, 1.165) is 23.5 Å². The normalized spacial score (nSPS) is 11.4. The first-order valence-electron chi connectivity index (χ1n) is 7.13. The lowest BCUT2D eigenvalue weighted by molar-refractivity contribution is -0.137. The minimum atomic E-state index is -4.43. The van der Waals surface area contributed by atoms with Crippen LogP contribution in [0, 0.1) is 0 Å². The largest absolute Gasteiger partial charge is 0.416 e. The number of thiazole rings is 1. The van der Waals surface area contributed by atoms with Crippen LogP contribution < -0.4 is 5.32 Å². The first-order chi connectivity index (χ1) is 12.2. The van der Waals surface area contributed by atoms with Crippen molar-refractivity contribution in [1.29, 1.82) is 0 Å². The van der Waals surface area contributed by atoms with Crippen LogP contribution in [0.4, 0.5) is 18.3 Å². The molecule has 3 nitrogen and oxygen atoms in total. The molecule has 1 amide bonds. The van der Waals surface area contributed by atoms with Gasteiger partial charge in [0.05, 0.1) is 11.3 Å². The van der Waals surface area contributed by atoms with Gasteiger partial charge in [-0.15, -0.1) is 11.3 Å². The van der Waals surface area contributed by atoms with Crippen molar-refractivity contribution in [3.63, 3.8) is 0 Å². The van der Waals surface area contributed by atoms with Gasteiger partial charge in [0.25, 0.3) is 5.91 Å². The number of nitrogens with zero attached hydrogens (tertiary/aromatic N) is 1. The van der Waals surface area contributed by atoms with Crippen molar-refractivity contribution in [3.05, 3.63) is 68.5 Å². The zero-order valence-electron chi connectivity index (χ0n) is 12.8. The van der Waals surface area contributed by atoms with Gasteiger partial charge < -0.3 is 0 Å². The number of benzene rings is 2. The summed E-state index contributed by atoms with van der Waals surface area (Å²) in [5.74, 6) is -0.418. The van der Waals surface area contributed by atoms with E-state index < -0.39 is 17.6 Å². The summed E-state index contributed by atoms with van der Waals surface area (Å²) in [5.41, 5.74) is 0.253. The fraction of sp³-hybridized carbons (Fsp3) is 0.0588. The Bertz CT molecular complexity index is 954. The van der Waals surface area contributed by atoms with Gasteiger partial charge in [0.15, 0.2) is 5.13 Å². The van der Waals surface area contributed by atoms with Gasteiger partial charge in [0, 0.05) is 26.0 Å². The van der Waals surface area contributed by atoms with E-state index in [1.54, 1.807) is 17.5 Å². The number of nitrogens with one attached hydrogen (secondary N) is 1. The molecule has 0 atom stereocenters. The third kappa shape index (κ3) is 4.44. The number of hydrogen-bond acceptors (Lipinski definition) is 3. The molecule has 9 heteroatoms. The highest BCUT2D eigenvalue weighted by Gasteiger charge is 2.30. The van der Waals surface area contributed by atoms with E-state index in [2.05, 4.69) is 26.2 Å². The van der Waals surface area contributed by atoms with Crippen molar-refractivity contribution in [3.8, 4) is 11.3 Å². The first-order valence-corrected chi connectivity index (χ1v) is 9.18. The van der Waals surface area contributed by atoms with Crippen LogP contribution in [0.3, 0.4) is 0 Å². The zero-order chi connectivity index (χ0) is 18.9. The Hall–Kier alpha value is -1.90. The Kier molecular flexibility index (Phi) is 5.36. The molecule has 0 saturated heterocycles. The molecule has 0 radical (unpaired) electrons. The number of alkyl halides is 3. The first kappa shape index (κ1) is 18.9. The molecule has 0 aliphatic heterocycles. The fourth-order valence-electron chi connectivity index (χ4n) is 2.17. The summed E-state index contributed by atoms with van der Waals surface area (Å²) < 4.78 is 39.1. The summed E-state index contributed by atoms with van der Waals surface area (Å²) in [5, 5.41) is 4.87. The smallest absolute Gasteiger partial charge is 0.298 e. The summed E-state index contributed by atoms with van der Waals surface area (Å²) in [6.07, 6.45) is -4.43. The maximum atomic E-state index is 12.8. The molecule has 0 aliphatic rings. The highest BCUT2D eigenvalue weighted by molar-refractivity contribution is 9.10. The number of rotatable bonds is 3. The number of hydrogen-bond donors (Lipinski definition) is 1. The van der Waals surface area contributed by atoms with Crippen LogP contribution in [0.25, 0.3) is 11.3 Å². The molecular formula is C17H9BrClF3N2OS. The molecule has 0 unspecified atom stereocenters. The molecule has 134 valence electrons. The summed E-state index contributed by atoms with van der Waals surface area (Å²) in [6.45, 7) is 0. The van der Waals surface area contributed by atoms with E-state index in [9.17, 15) is 18.0 Å². The number of carbonyl (C=O) groups excluding carboxylic acids is 1. The average Bonchev–Trinajstić information content (AvgIpc) is 3.02. The SMILES string of the molecule is O=C(Nc1nc(-c2cccc(C(F)(F)F)c2)cs1)c1cc(Cl)cc(Br)c1. The number of anilines is 1. The lowest BCUT2D eigenvalue weighted by Gasteiger charge is -2.07. The van der Waals surface area contributed by atoms with Gasteiger partial charge in [-0.25, -0.2) is 4.98 Å². The second-order valence-corrected chi connectivity index (χ2v) is 7.44. The topological polar surface area (TPSA) is 42.0 Å². The van der Waals surface area contributed by atoms with Crippen LogP contribution in [0.2, 0.25) is 5.02 Å². The van der Waals surface area contributed by atoms with Crippen LogP contribution in [0.5, 0.6) is 0 Å². The molecule has 2 aromatic carbocycles. The van der Waals surface area contributed by atoms with Crippen molar-refractivity contribution in [2.45, 2.75) is 6.18 Å². The maximum Gasteiger partial charge on any atom is 0.416 e. The van der Waals surface area contributed by atoms with E-state index in [0.29, 0.717) is 26.3 Å². The Morgan fingerprint density at radius 2 is 1.96 bits per heavy atom. The Morgan fingerprint density at radius 3 is 2.65 bits per heavy atom. The quantitative estimate of drug-likeness (QED) is 0.484. The molecule has 26 heavy (non-hydrogen) atoms. The highest BCUT2D eigenvalue weighted by atomic mass is 79.9. The number of amides is 1. The summed E-state index contributed by atoms with van der Waals surface area (Å²) in [4.78, 5) is 16.5. The Labute approximate surface area is 164 Å². The molecule has 0 spiro atoms. The average molecular weight is 462 g/mol. The van der Waals surface area contributed by atoms with Gasteiger partial charge in [-0.05, 0) is 30.3 Å². The molecule has 0 aliphatic carbocycles. The van der Waals surface area contributed by atoms with Crippen molar-refractivity contribution in [2.75, 3.05) is 5.32 Å². The second-order valence-electron chi connectivity index (χ2n) is 5.23. The van der Waals surface area contributed by atoms with Crippen molar-refractivity contribution in [2.24, 2.45) is 0 Å². The van der Waals surface area contributed by atoms with Gasteiger partial charge in [-0.3, -0.25) is 10.1 Å². The minimum absolute atomic E-state index is 0.276. The molecule has 1 N–H and O–H groups in total. The molecule has 1 aromatic heterocycles. The standard InChI is InChI=1S/C17H9BrClF3N2OS/c18-12-5-10(6-13(19)7-12)15(25)24-16-23-14(8-26-16)9-2-1-3-11(4-9)17(20,21)22/h1-8H,(H,23,24,25). The molecule has 3 aromatic rings. The Balaban J connectivity index is 1.81. The summed E-state index contributed by atoms with van der Waals surface area (Å²) >= 11 is 10.3. The van der Waals surface area contributed by atoms with E-state index in [1.807, 2.05) is 0 Å². The molecule has 0 fully saturated rings. The predicted octanol–water partition coefficient (Wildman–Crippen LogP) is 6.50. The van der Waals surface area contributed by atoms with Gasteiger partial charge in [0.2, 0.25) is 0 Å². The number of halogens is 5. The molecule has 0 bridgehead atoms. The lowest BCUT2D eigenvalue weighted by atomic mass is 10.1. The van der Waals surface area contributed by atoms with Crippen LogP contribution in [-0.2, 0) is 6.18 Å². The van der Waals surface area contributed by atoms with E-state index in [1.165, 1.54) is 18.2 Å². The van der Waals surface area contributed by atoms with Crippen LogP contribution in [0.1, 0.15) is 15.9 Å². The highest BCUT2D eigenvalue weighted by Crippen LogP contribution is 2.33. The summed E-state index contributed by atoms with van der Waals surface area (Å²) in [6, 6.07) is 9.62. The zero-order valence-corrected chi connectivity index (χ0v) is 15.9. The predicted molar refractivity (Wildman–Crippen MR) is 99.7 cm³/mol. The van der Waals surface area contributed by atoms with Gasteiger partial charge in [-0.2, -0.15) is 13.2 Å².